The van der Waals surface area contributed by atoms with Crippen molar-refractivity contribution in [3.8, 4) is 0 Å². The zero-order chi connectivity index (χ0) is 10.7. The highest BCUT2D eigenvalue weighted by Crippen LogP contribution is 1.95. The van der Waals surface area contributed by atoms with Crippen molar-refractivity contribution >= 4 is 5.71 Å². The van der Waals surface area contributed by atoms with Gasteiger partial charge in [0.05, 0.1) is 12.3 Å². The minimum absolute atomic E-state index is 0.306. The molecule has 2 heteroatoms. The molecule has 0 aromatic carbocycles. The monoisotopic (exact) mass is 181 g/mol. The summed E-state index contributed by atoms with van der Waals surface area (Å²) >= 11 is 0. The van der Waals surface area contributed by atoms with Crippen molar-refractivity contribution in [3.63, 3.8) is 0 Å². The summed E-state index contributed by atoms with van der Waals surface area (Å²) in [5.74, 6) is 0. The van der Waals surface area contributed by atoms with Gasteiger partial charge in [0.1, 0.15) is 0 Å². The first-order chi connectivity index (χ1) is 6.22. The number of hydrogen-bond acceptors (Lipinski definition) is 2. The molecule has 74 valence electrons. The number of rotatable bonds is 5. The zero-order valence-corrected chi connectivity index (χ0v) is 8.76. The fourth-order valence-corrected chi connectivity index (χ4v) is 0.522. The number of allylic oxidation sites excluding steroid dienone is 3. The smallest absolute Gasteiger partial charge is 0.0882 e. The molecule has 13 heavy (non-hydrogen) atoms. The van der Waals surface area contributed by atoms with Crippen LogP contribution in [-0.2, 0) is 4.74 Å². The van der Waals surface area contributed by atoms with E-state index in [2.05, 4.69) is 13.2 Å². The van der Waals surface area contributed by atoms with Gasteiger partial charge < -0.3 is 10.1 Å². The van der Waals surface area contributed by atoms with Gasteiger partial charge in [0.2, 0.25) is 0 Å². The Bertz CT molecular complexity index is 192. The third-order valence-corrected chi connectivity index (χ3v) is 1.11. The second kappa shape index (κ2) is 10.8. The van der Waals surface area contributed by atoms with Crippen LogP contribution in [0.5, 0.6) is 0 Å². The van der Waals surface area contributed by atoms with Crippen LogP contribution >= 0.6 is 0 Å². The summed E-state index contributed by atoms with van der Waals surface area (Å²) in [5, 5.41) is 7.36. The molecule has 0 radical (unpaired) electrons. The number of hydrogen-bond donors (Lipinski definition) is 1. The van der Waals surface area contributed by atoms with Crippen LogP contribution in [0.4, 0.5) is 0 Å². The molecule has 0 aliphatic carbocycles. The summed E-state index contributed by atoms with van der Waals surface area (Å²) in [7, 11) is 1.55. The fourth-order valence-electron chi connectivity index (χ4n) is 0.522. The van der Waals surface area contributed by atoms with Gasteiger partial charge in [-0.15, -0.1) is 0 Å². The van der Waals surface area contributed by atoms with E-state index >= 15 is 0 Å². The third-order valence-electron chi connectivity index (χ3n) is 1.11. The predicted octanol–water partition coefficient (Wildman–Crippen LogP) is 2.98. The van der Waals surface area contributed by atoms with Crippen molar-refractivity contribution in [1.29, 1.82) is 5.41 Å². The molecular weight excluding hydrogens is 162 g/mol. The topological polar surface area (TPSA) is 33.1 Å². The van der Waals surface area contributed by atoms with E-state index in [1.165, 1.54) is 0 Å². The van der Waals surface area contributed by atoms with E-state index in [0.717, 1.165) is 0 Å². The van der Waals surface area contributed by atoms with Gasteiger partial charge in [0.15, 0.2) is 0 Å². The van der Waals surface area contributed by atoms with Crippen LogP contribution in [-0.4, -0.2) is 19.4 Å². The Hall–Kier alpha value is -1.15. The first kappa shape index (κ1) is 14.4. The van der Waals surface area contributed by atoms with E-state index < -0.39 is 0 Å². The molecular formula is C11H19NO. The van der Waals surface area contributed by atoms with Gasteiger partial charge in [-0.2, -0.15) is 0 Å². The van der Waals surface area contributed by atoms with E-state index in [9.17, 15) is 0 Å². The summed E-state index contributed by atoms with van der Waals surface area (Å²) in [5.41, 5.74) is 1.05. The Kier molecular flexibility index (Phi) is 12.0. The summed E-state index contributed by atoms with van der Waals surface area (Å²) < 4.78 is 4.76. The zero-order valence-electron chi connectivity index (χ0n) is 8.76. The summed E-state index contributed by atoms with van der Waals surface area (Å²) in [6.07, 6.45) is 5.12. The number of ether oxygens (including phenoxy) is 1. The second-order valence-electron chi connectivity index (χ2n) is 2.03. The van der Waals surface area contributed by atoms with Gasteiger partial charge in [-0.05, 0) is 5.57 Å². The molecule has 0 fully saturated rings. The van der Waals surface area contributed by atoms with Crippen LogP contribution in [0.3, 0.4) is 0 Å². The maximum absolute atomic E-state index is 7.36. The van der Waals surface area contributed by atoms with E-state index in [0.29, 0.717) is 17.9 Å². The van der Waals surface area contributed by atoms with Crippen LogP contribution < -0.4 is 0 Å². The van der Waals surface area contributed by atoms with Gasteiger partial charge in [0.25, 0.3) is 0 Å². The van der Waals surface area contributed by atoms with Gasteiger partial charge in [-0.25, -0.2) is 0 Å². The second-order valence-corrected chi connectivity index (χ2v) is 2.03. The largest absolute Gasteiger partial charge is 0.378 e. The molecule has 0 unspecified atom stereocenters. The summed E-state index contributed by atoms with van der Waals surface area (Å²) in [6, 6.07) is 0. The lowest BCUT2D eigenvalue weighted by molar-refractivity contribution is 0.245. The molecule has 0 amide bonds. The van der Waals surface area contributed by atoms with Crippen LogP contribution in [0.25, 0.3) is 0 Å². The molecule has 0 saturated carbocycles. The standard InChI is InChI=1S/C9H13NO.C2H6/c1-4-5-6-8(2)9(10)7-11-3;1-2/h4-6,10H,1-2,7H2,3H3;1-2H3/b6-5-,10-9?;. The molecule has 0 aromatic rings. The van der Waals surface area contributed by atoms with Crippen molar-refractivity contribution in [2.24, 2.45) is 0 Å². The third kappa shape index (κ3) is 8.76. The molecule has 1 N–H and O–H groups in total. The summed E-state index contributed by atoms with van der Waals surface area (Å²) in [6.45, 7) is 11.5. The lowest BCUT2D eigenvalue weighted by Gasteiger charge is -1.99. The Balaban J connectivity index is 0. The van der Waals surface area contributed by atoms with Crippen molar-refractivity contribution in [2.75, 3.05) is 13.7 Å². The first-order valence-electron chi connectivity index (χ1n) is 4.27. The summed E-state index contributed by atoms with van der Waals surface area (Å²) in [4.78, 5) is 0. The van der Waals surface area contributed by atoms with E-state index in [1.54, 1.807) is 25.3 Å². The normalized spacial score (nSPS) is 8.85. The van der Waals surface area contributed by atoms with Crippen LogP contribution in [0, 0.1) is 5.41 Å². The van der Waals surface area contributed by atoms with Crippen LogP contribution in [0.1, 0.15) is 13.8 Å². The highest BCUT2D eigenvalue weighted by atomic mass is 16.5. The molecule has 0 aliphatic rings. The quantitative estimate of drug-likeness (QED) is 0.513. The SMILES string of the molecule is C=C/C=C\C(=C)C(=N)COC.CC. The Morgan fingerprint density at radius 1 is 1.46 bits per heavy atom. The maximum Gasteiger partial charge on any atom is 0.0882 e. The first-order valence-corrected chi connectivity index (χ1v) is 4.27. The molecule has 2 nitrogen and oxygen atoms in total. The highest BCUT2D eigenvalue weighted by molar-refractivity contribution is 6.00. The molecule has 0 saturated heterocycles. The maximum atomic E-state index is 7.36. The minimum Gasteiger partial charge on any atom is -0.378 e. The number of nitrogens with one attached hydrogen (secondary N) is 1. The molecule has 0 spiro atoms. The molecule has 0 aromatic heterocycles. The fraction of sp³-hybridized carbons (Fsp3) is 0.364. The van der Waals surface area contributed by atoms with Crippen molar-refractivity contribution in [2.45, 2.75) is 13.8 Å². The average Bonchev–Trinajstić information content (AvgIpc) is 2.17. The Labute approximate surface area is 81.1 Å². The van der Waals surface area contributed by atoms with E-state index in [-0.39, 0.29) is 0 Å². The Morgan fingerprint density at radius 3 is 2.38 bits per heavy atom. The Morgan fingerprint density at radius 2 is 2.00 bits per heavy atom. The van der Waals surface area contributed by atoms with Crippen molar-refractivity contribution in [1.82, 2.24) is 0 Å². The highest BCUT2D eigenvalue weighted by Gasteiger charge is 1.95. The molecule has 0 bridgehead atoms. The molecule has 0 atom stereocenters. The van der Waals surface area contributed by atoms with Gasteiger partial charge in [-0.3, -0.25) is 0 Å². The van der Waals surface area contributed by atoms with Gasteiger partial charge in [0, 0.05) is 7.11 Å². The number of methoxy groups -OCH3 is 1. The van der Waals surface area contributed by atoms with Crippen molar-refractivity contribution in [3.05, 3.63) is 37.0 Å². The van der Waals surface area contributed by atoms with Crippen LogP contribution in [0.15, 0.2) is 37.0 Å². The average molecular weight is 181 g/mol. The minimum atomic E-state index is 0.306. The van der Waals surface area contributed by atoms with E-state index in [1.807, 2.05) is 13.8 Å². The lowest BCUT2D eigenvalue weighted by atomic mass is 10.2. The van der Waals surface area contributed by atoms with E-state index in [4.69, 9.17) is 10.1 Å². The lowest BCUT2D eigenvalue weighted by Crippen LogP contribution is -2.05. The van der Waals surface area contributed by atoms with Crippen LogP contribution in [0.2, 0.25) is 0 Å². The molecule has 0 rings (SSSR count). The van der Waals surface area contributed by atoms with Gasteiger partial charge in [-0.1, -0.05) is 45.2 Å². The molecule has 0 aliphatic heterocycles. The van der Waals surface area contributed by atoms with Crippen molar-refractivity contribution < 1.29 is 4.74 Å². The molecule has 0 heterocycles. The van der Waals surface area contributed by atoms with Gasteiger partial charge >= 0.3 is 0 Å². The predicted molar refractivity (Wildman–Crippen MR) is 59.4 cm³/mol.